The Kier molecular flexibility index (Phi) is 5.89. The number of alkyl carbamates (subject to hydrolysis) is 1. The molecule has 8 nitrogen and oxygen atoms in total. The summed E-state index contributed by atoms with van der Waals surface area (Å²) >= 11 is 0. The van der Waals surface area contributed by atoms with Gasteiger partial charge in [0.2, 0.25) is 11.8 Å². The van der Waals surface area contributed by atoms with Gasteiger partial charge in [-0.25, -0.2) is 13.6 Å². The lowest BCUT2D eigenvalue weighted by Crippen LogP contribution is -2.66. The second-order valence-corrected chi connectivity index (χ2v) is 8.74. The highest BCUT2D eigenvalue weighted by molar-refractivity contribution is 6.01. The van der Waals surface area contributed by atoms with E-state index >= 15 is 4.39 Å². The Balaban J connectivity index is 1.82. The van der Waals surface area contributed by atoms with Gasteiger partial charge in [-0.2, -0.15) is 5.26 Å². The number of rotatable bonds is 3. The minimum Gasteiger partial charge on any atom is -0.444 e. The van der Waals surface area contributed by atoms with E-state index in [-0.39, 0.29) is 42.7 Å². The molecular formula is C21H24F2N4O4. The van der Waals surface area contributed by atoms with E-state index in [1.54, 1.807) is 38.7 Å². The van der Waals surface area contributed by atoms with Crippen LogP contribution in [-0.4, -0.2) is 42.1 Å². The lowest BCUT2D eigenvalue weighted by Gasteiger charge is -2.48. The van der Waals surface area contributed by atoms with Crippen molar-refractivity contribution in [1.82, 2.24) is 10.6 Å². The fraction of sp³-hybridized carbons (Fsp3) is 0.524. The maximum atomic E-state index is 15.1. The smallest absolute Gasteiger partial charge is 0.408 e. The number of ether oxygens (including phenoxy) is 1. The van der Waals surface area contributed by atoms with Gasteiger partial charge in [-0.15, -0.1) is 0 Å². The summed E-state index contributed by atoms with van der Waals surface area (Å²) in [6.45, 7) is 7.18. The first-order valence-corrected chi connectivity index (χ1v) is 9.94. The van der Waals surface area contributed by atoms with Crippen LogP contribution in [0.1, 0.15) is 57.6 Å². The first kappa shape index (κ1) is 22.5. The van der Waals surface area contributed by atoms with Crippen LogP contribution < -0.4 is 15.5 Å². The Labute approximate surface area is 178 Å². The predicted molar refractivity (Wildman–Crippen MR) is 106 cm³/mol. The van der Waals surface area contributed by atoms with Crippen LogP contribution in [0.25, 0.3) is 0 Å². The Morgan fingerprint density at radius 1 is 1.35 bits per heavy atom. The largest absolute Gasteiger partial charge is 0.444 e. The molecule has 0 bridgehead atoms. The summed E-state index contributed by atoms with van der Waals surface area (Å²) in [5, 5.41) is 14.3. The fourth-order valence-electron chi connectivity index (χ4n) is 3.80. The molecule has 2 aliphatic heterocycles. The van der Waals surface area contributed by atoms with Crippen molar-refractivity contribution in [1.29, 1.82) is 5.26 Å². The molecule has 2 fully saturated rings. The number of carbonyl (C=O) groups excluding carboxylic acids is 3. The van der Waals surface area contributed by atoms with Gasteiger partial charge in [0.05, 0.1) is 17.6 Å². The highest BCUT2D eigenvalue weighted by Gasteiger charge is 2.41. The zero-order valence-corrected chi connectivity index (χ0v) is 17.7. The molecule has 1 aromatic rings. The number of nitrogens with one attached hydrogen (secondary N) is 2. The average Bonchev–Trinajstić information content (AvgIpc) is 2.64. The molecule has 0 aliphatic carbocycles. The molecule has 2 heterocycles. The third-order valence-electron chi connectivity index (χ3n) is 5.41. The standard InChI is InChI=1S/C21H24F2N4O4/c1-10-14(25-20(30)31-21(2,3)4)9-27(10)15-7-13(22)17(18(23)12(15)8-24)11-5-6-16(28)26-19(11)29/h7,10-11,14H,5-6,9H2,1-4H3,(H,25,30)(H,26,28,29)/t10-,11?,14+/m1/s1. The lowest BCUT2D eigenvalue weighted by atomic mass is 9.87. The molecule has 0 aromatic heterocycles. The summed E-state index contributed by atoms with van der Waals surface area (Å²) in [6, 6.07) is 2.11. The van der Waals surface area contributed by atoms with Crippen molar-refractivity contribution in [3.63, 3.8) is 0 Å². The van der Waals surface area contributed by atoms with E-state index in [2.05, 4.69) is 10.6 Å². The molecular weight excluding hydrogens is 410 g/mol. The Hall–Kier alpha value is -3.22. The summed E-state index contributed by atoms with van der Waals surface area (Å²) in [5.41, 5.74) is -1.52. The number of piperidine rings is 1. The Bertz CT molecular complexity index is 983. The molecule has 0 spiro atoms. The number of benzene rings is 1. The van der Waals surface area contributed by atoms with Gasteiger partial charge in [0.15, 0.2) is 0 Å². The van der Waals surface area contributed by atoms with Crippen molar-refractivity contribution in [2.75, 3.05) is 11.4 Å². The van der Waals surface area contributed by atoms with Crippen LogP contribution in [0, 0.1) is 23.0 Å². The monoisotopic (exact) mass is 434 g/mol. The summed E-state index contributed by atoms with van der Waals surface area (Å²) < 4.78 is 35.3. The molecule has 3 amide bonds. The number of amides is 3. The van der Waals surface area contributed by atoms with Crippen molar-refractivity contribution >= 4 is 23.6 Å². The Morgan fingerprint density at radius 2 is 2.03 bits per heavy atom. The van der Waals surface area contributed by atoms with E-state index in [1.165, 1.54) is 0 Å². The number of carbonyl (C=O) groups is 3. The molecule has 1 aromatic carbocycles. The van der Waals surface area contributed by atoms with Gasteiger partial charge in [0.1, 0.15) is 28.9 Å². The van der Waals surface area contributed by atoms with Gasteiger partial charge in [-0.3, -0.25) is 14.9 Å². The van der Waals surface area contributed by atoms with Crippen LogP contribution in [0.4, 0.5) is 19.3 Å². The maximum Gasteiger partial charge on any atom is 0.408 e. The predicted octanol–water partition coefficient (Wildman–Crippen LogP) is 2.46. The molecule has 1 unspecified atom stereocenters. The topological polar surface area (TPSA) is 112 Å². The van der Waals surface area contributed by atoms with Crippen LogP contribution in [0.2, 0.25) is 0 Å². The van der Waals surface area contributed by atoms with E-state index < -0.39 is 46.6 Å². The number of nitrogens with zero attached hydrogens (tertiary/aromatic N) is 2. The number of nitriles is 1. The first-order valence-electron chi connectivity index (χ1n) is 9.94. The van der Waals surface area contributed by atoms with Gasteiger partial charge in [-0.1, -0.05) is 0 Å². The zero-order chi connectivity index (χ0) is 23.1. The first-order chi connectivity index (χ1) is 14.4. The lowest BCUT2D eigenvalue weighted by molar-refractivity contribution is -0.134. The van der Waals surface area contributed by atoms with Gasteiger partial charge >= 0.3 is 6.09 Å². The second-order valence-electron chi connectivity index (χ2n) is 8.74. The normalized spacial score (nSPS) is 23.5. The van der Waals surface area contributed by atoms with Crippen LogP contribution in [-0.2, 0) is 14.3 Å². The summed E-state index contributed by atoms with van der Waals surface area (Å²) in [5.74, 6) is -4.55. The molecule has 166 valence electrons. The number of hydrogen-bond acceptors (Lipinski definition) is 6. The van der Waals surface area contributed by atoms with Crippen LogP contribution in [0.5, 0.6) is 0 Å². The third kappa shape index (κ3) is 4.45. The Morgan fingerprint density at radius 3 is 2.58 bits per heavy atom. The van der Waals surface area contributed by atoms with E-state index in [4.69, 9.17) is 4.74 Å². The minimum atomic E-state index is -1.19. The summed E-state index contributed by atoms with van der Waals surface area (Å²) in [4.78, 5) is 37.0. The fourth-order valence-corrected chi connectivity index (χ4v) is 3.80. The number of anilines is 1. The number of halogens is 2. The van der Waals surface area contributed by atoms with E-state index in [0.29, 0.717) is 0 Å². The van der Waals surface area contributed by atoms with Crippen molar-refractivity contribution < 1.29 is 27.9 Å². The van der Waals surface area contributed by atoms with E-state index in [0.717, 1.165) is 6.07 Å². The summed E-state index contributed by atoms with van der Waals surface area (Å²) in [7, 11) is 0. The maximum absolute atomic E-state index is 15.1. The molecule has 10 heteroatoms. The van der Waals surface area contributed by atoms with Crippen molar-refractivity contribution in [3.8, 4) is 6.07 Å². The molecule has 0 saturated carbocycles. The van der Waals surface area contributed by atoms with Crippen molar-refractivity contribution in [2.24, 2.45) is 0 Å². The molecule has 2 aliphatic rings. The zero-order valence-electron chi connectivity index (χ0n) is 17.7. The van der Waals surface area contributed by atoms with Gasteiger partial charge in [-0.05, 0) is 40.2 Å². The van der Waals surface area contributed by atoms with E-state index in [9.17, 15) is 24.0 Å². The van der Waals surface area contributed by atoms with Crippen molar-refractivity contribution in [2.45, 2.75) is 64.1 Å². The highest BCUT2D eigenvalue weighted by Crippen LogP contribution is 2.38. The molecule has 3 rings (SSSR count). The van der Waals surface area contributed by atoms with Gasteiger partial charge in [0.25, 0.3) is 0 Å². The SMILES string of the molecule is C[C@@H]1[C@@H](NC(=O)OC(C)(C)C)CN1c1cc(F)c(C2CCC(=O)NC2=O)c(F)c1C#N. The van der Waals surface area contributed by atoms with Crippen LogP contribution >= 0.6 is 0 Å². The highest BCUT2D eigenvalue weighted by atomic mass is 19.1. The van der Waals surface area contributed by atoms with Crippen LogP contribution in [0.3, 0.4) is 0 Å². The third-order valence-corrected chi connectivity index (χ3v) is 5.41. The minimum absolute atomic E-state index is 0.0370. The number of imide groups is 1. The molecule has 2 N–H and O–H groups in total. The molecule has 0 radical (unpaired) electrons. The van der Waals surface area contributed by atoms with E-state index in [1.807, 2.05) is 0 Å². The van der Waals surface area contributed by atoms with Gasteiger partial charge in [0, 0.05) is 24.6 Å². The van der Waals surface area contributed by atoms with Crippen molar-refractivity contribution in [3.05, 3.63) is 28.8 Å². The molecule has 2 saturated heterocycles. The molecule has 31 heavy (non-hydrogen) atoms. The van der Waals surface area contributed by atoms with Gasteiger partial charge < -0.3 is 15.0 Å². The second kappa shape index (κ2) is 8.13. The number of hydrogen-bond donors (Lipinski definition) is 2. The average molecular weight is 434 g/mol. The molecule has 3 atom stereocenters. The summed E-state index contributed by atoms with van der Waals surface area (Å²) in [6.07, 6.45) is -0.680. The quantitative estimate of drug-likeness (QED) is 0.707. The van der Waals surface area contributed by atoms with Crippen LogP contribution in [0.15, 0.2) is 6.07 Å².